The summed E-state index contributed by atoms with van der Waals surface area (Å²) in [5, 5.41) is 15.7. The van der Waals surface area contributed by atoms with E-state index in [9.17, 15) is 9.90 Å². The molecule has 2 aromatic rings. The van der Waals surface area contributed by atoms with E-state index in [2.05, 4.69) is 27.7 Å². The Balaban J connectivity index is 1.52. The van der Waals surface area contributed by atoms with Gasteiger partial charge in [-0.25, -0.2) is 4.79 Å². The predicted molar refractivity (Wildman–Crippen MR) is 103 cm³/mol. The lowest BCUT2D eigenvalue weighted by atomic mass is 9.94. The first kappa shape index (κ1) is 18.3. The minimum atomic E-state index is -0.160. The minimum Gasteiger partial charge on any atom is -0.508 e. The molecule has 0 aliphatic heterocycles. The van der Waals surface area contributed by atoms with Crippen LogP contribution >= 0.6 is 0 Å². The maximum Gasteiger partial charge on any atom is 0.314 e. The number of hydrogen-bond donors (Lipinski definition) is 3. The molecule has 3 rings (SSSR count). The van der Waals surface area contributed by atoms with E-state index in [0.717, 1.165) is 24.8 Å². The van der Waals surface area contributed by atoms with Crippen LogP contribution in [0, 0.1) is 0 Å². The van der Waals surface area contributed by atoms with Gasteiger partial charge in [0.1, 0.15) is 5.75 Å². The second kappa shape index (κ2) is 7.79. The van der Waals surface area contributed by atoms with Gasteiger partial charge in [-0.1, -0.05) is 36.4 Å². The lowest BCUT2D eigenvalue weighted by molar-refractivity contribution is 0.158. The van der Waals surface area contributed by atoms with Gasteiger partial charge in [0.2, 0.25) is 0 Å². The molecule has 5 heteroatoms. The molecular formula is C21H27N3O2. The summed E-state index contributed by atoms with van der Waals surface area (Å²) in [7, 11) is 4.08. The average Bonchev–Trinajstić information content (AvgIpc) is 3.00. The van der Waals surface area contributed by atoms with Crippen LogP contribution in [0.2, 0.25) is 0 Å². The summed E-state index contributed by atoms with van der Waals surface area (Å²) in [5.74, 6) is 0.296. The number of likely N-dealkylation sites (N-methyl/N-ethyl adjacent to an activating group) is 1. The third-order valence-corrected chi connectivity index (χ3v) is 5.30. The number of hydrogen-bond acceptors (Lipinski definition) is 3. The summed E-state index contributed by atoms with van der Waals surface area (Å²) in [6.45, 7) is 1.17. The molecule has 2 amide bonds. The molecule has 0 bridgehead atoms. The van der Waals surface area contributed by atoms with Gasteiger partial charge in [0.05, 0.1) is 0 Å². The largest absolute Gasteiger partial charge is 0.508 e. The van der Waals surface area contributed by atoms with E-state index in [0.29, 0.717) is 18.8 Å². The van der Waals surface area contributed by atoms with E-state index in [1.54, 1.807) is 6.07 Å². The molecule has 1 atom stereocenters. The second-order valence-electron chi connectivity index (χ2n) is 7.27. The van der Waals surface area contributed by atoms with E-state index in [1.165, 1.54) is 11.1 Å². The van der Waals surface area contributed by atoms with Crippen LogP contribution in [0.5, 0.6) is 5.75 Å². The summed E-state index contributed by atoms with van der Waals surface area (Å²) >= 11 is 0. The lowest BCUT2D eigenvalue weighted by Gasteiger charge is -2.36. The summed E-state index contributed by atoms with van der Waals surface area (Å²) in [4.78, 5) is 14.4. The van der Waals surface area contributed by atoms with Gasteiger partial charge in [-0.2, -0.15) is 0 Å². The molecule has 0 heterocycles. The van der Waals surface area contributed by atoms with Crippen LogP contribution in [0.1, 0.15) is 16.7 Å². The maximum absolute atomic E-state index is 12.2. The van der Waals surface area contributed by atoms with Crippen molar-refractivity contribution in [3.63, 3.8) is 0 Å². The van der Waals surface area contributed by atoms with Crippen molar-refractivity contribution >= 4 is 6.03 Å². The molecule has 0 saturated carbocycles. The Bertz CT molecular complexity index is 761. The topological polar surface area (TPSA) is 64.6 Å². The molecule has 0 spiro atoms. The quantitative estimate of drug-likeness (QED) is 0.747. The van der Waals surface area contributed by atoms with Gasteiger partial charge < -0.3 is 20.6 Å². The van der Waals surface area contributed by atoms with Crippen LogP contribution in [0.3, 0.4) is 0 Å². The van der Waals surface area contributed by atoms with Gasteiger partial charge in [-0.15, -0.1) is 0 Å². The Morgan fingerprint density at radius 2 is 1.81 bits per heavy atom. The molecule has 26 heavy (non-hydrogen) atoms. The van der Waals surface area contributed by atoms with Crippen molar-refractivity contribution in [2.45, 2.75) is 24.8 Å². The molecule has 1 unspecified atom stereocenters. The van der Waals surface area contributed by atoms with Crippen molar-refractivity contribution in [2.75, 3.05) is 27.2 Å². The van der Waals surface area contributed by atoms with Crippen LogP contribution in [-0.2, 0) is 19.3 Å². The standard InChI is InChI=1S/C21H27N3O2/c1-24(2)21(13-17-8-9-19(25)12-18(17)14-21)15-23-20(26)22-11-10-16-6-4-3-5-7-16/h3-9,12,25H,10-11,13-15H2,1-2H3,(H2,22,23,26). The number of rotatable bonds is 6. The van der Waals surface area contributed by atoms with Gasteiger partial charge in [0.15, 0.2) is 0 Å². The van der Waals surface area contributed by atoms with E-state index < -0.39 is 0 Å². The first-order valence-corrected chi connectivity index (χ1v) is 9.02. The van der Waals surface area contributed by atoms with Gasteiger partial charge in [0, 0.05) is 18.6 Å². The van der Waals surface area contributed by atoms with E-state index in [4.69, 9.17) is 0 Å². The van der Waals surface area contributed by atoms with Crippen LogP contribution < -0.4 is 10.6 Å². The third kappa shape index (κ3) is 4.17. The van der Waals surface area contributed by atoms with Crippen LogP contribution in [0.4, 0.5) is 4.79 Å². The van der Waals surface area contributed by atoms with Gasteiger partial charge in [0.25, 0.3) is 0 Å². The molecule has 0 aromatic heterocycles. The van der Waals surface area contributed by atoms with Crippen molar-refractivity contribution in [1.82, 2.24) is 15.5 Å². The zero-order valence-electron chi connectivity index (χ0n) is 15.5. The highest BCUT2D eigenvalue weighted by atomic mass is 16.3. The van der Waals surface area contributed by atoms with Crippen molar-refractivity contribution in [2.24, 2.45) is 0 Å². The Hall–Kier alpha value is -2.53. The Morgan fingerprint density at radius 1 is 1.08 bits per heavy atom. The maximum atomic E-state index is 12.2. The molecule has 5 nitrogen and oxygen atoms in total. The van der Waals surface area contributed by atoms with E-state index in [-0.39, 0.29) is 11.6 Å². The number of carbonyl (C=O) groups is 1. The molecule has 0 radical (unpaired) electrons. The monoisotopic (exact) mass is 353 g/mol. The summed E-state index contributed by atoms with van der Waals surface area (Å²) in [6, 6.07) is 15.5. The van der Waals surface area contributed by atoms with Gasteiger partial charge in [-0.3, -0.25) is 0 Å². The molecule has 138 valence electrons. The highest BCUT2D eigenvalue weighted by molar-refractivity contribution is 5.74. The predicted octanol–water partition coefficient (Wildman–Crippen LogP) is 2.33. The van der Waals surface area contributed by atoms with Crippen molar-refractivity contribution in [3.05, 3.63) is 65.2 Å². The fourth-order valence-electron chi connectivity index (χ4n) is 3.59. The molecule has 3 N–H and O–H groups in total. The van der Waals surface area contributed by atoms with Crippen molar-refractivity contribution in [3.8, 4) is 5.75 Å². The number of urea groups is 1. The zero-order chi connectivity index (χ0) is 18.6. The summed E-state index contributed by atoms with van der Waals surface area (Å²) in [6.07, 6.45) is 2.49. The highest BCUT2D eigenvalue weighted by Crippen LogP contribution is 2.34. The SMILES string of the molecule is CN(C)C1(CNC(=O)NCCc2ccccc2)Cc2ccc(O)cc2C1. The number of aromatic hydroxyl groups is 1. The number of phenolic OH excluding ortho intramolecular Hbond substituents is 1. The van der Waals surface area contributed by atoms with Crippen LogP contribution in [0.15, 0.2) is 48.5 Å². The van der Waals surface area contributed by atoms with Crippen molar-refractivity contribution in [1.29, 1.82) is 0 Å². The molecule has 1 aliphatic carbocycles. The smallest absolute Gasteiger partial charge is 0.314 e. The first-order chi connectivity index (χ1) is 12.5. The Labute approximate surface area is 155 Å². The number of carbonyl (C=O) groups excluding carboxylic acids is 1. The van der Waals surface area contributed by atoms with Gasteiger partial charge >= 0.3 is 6.03 Å². The number of nitrogens with zero attached hydrogens (tertiary/aromatic N) is 1. The molecule has 0 saturated heterocycles. The summed E-state index contributed by atoms with van der Waals surface area (Å²) in [5.41, 5.74) is 3.45. The van der Waals surface area contributed by atoms with E-state index >= 15 is 0 Å². The van der Waals surface area contributed by atoms with Crippen LogP contribution in [0.25, 0.3) is 0 Å². The third-order valence-electron chi connectivity index (χ3n) is 5.30. The average molecular weight is 353 g/mol. The highest BCUT2D eigenvalue weighted by Gasteiger charge is 2.39. The Morgan fingerprint density at radius 3 is 2.54 bits per heavy atom. The van der Waals surface area contributed by atoms with E-state index in [1.807, 2.05) is 44.4 Å². The summed E-state index contributed by atoms with van der Waals surface area (Å²) < 4.78 is 0. The Kier molecular flexibility index (Phi) is 5.47. The second-order valence-corrected chi connectivity index (χ2v) is 7.27. The number of fused-ring (bicyclic) bond motifs is 1. The fraction of sp³-hybridized carbons (Fsp3) is 0.381. The number of benzene rings is 2. The number of amides is 2. The minimum absolute atomic E-state index is 0.138. The zero-order valence-corrected chi connectivity index (χ0v) is 15.5. The normalized spacial score (nSPS) is 18.6. The molecule has 2 aromatic carbocycles. The van der Waals surface area contributed by atoms with Crippen LogP contribution in [-0.4, -0.2) is 48.8 Å². The molecule has 0 fully saturated rings. The van der Waals surface area contributed by atoms with Crippen molar-refractivity contribution < 1.29 is 9.90 Å². The fourth-order valence-corrected chi connectivity index (χ4v) is 3.59. The van der Waals surface area contributed by atoms with Gasteiger partial charge in [-0.05, 0) is 62.2 Å². The number of phenols is 1. The number of nitrogens with one attached hydrogen (secondary N) is 2. The molecule has 1 aliphatic rings. The first-order valence-electron chi connectivity index (χ1n) is 9.02. The lowest BCUT2D eigenvalue weighted by Crippen LogP contribution is -2.55. The molecular weight excluding hydrogens is 326 g/mol.